The molecule has 0 bridgehead atoms. The molecule has 0 aliphatic carbocycles. The normalized spacial score (nSPS) is 10.9. The molecule has 68 valence electrons. The third kappa shape index (κ3) is 1.06. The van der Waals surface area contributed by atoms with E-state index in [1.54, 1.807) is 0 Å². The second-order valence-corrected chi connectivity index (χ2v) is 2.97. The van der Waals surface area contributed by atoms with Gasteiger partial charge in [-0.2, -0.15) is 4.09 Å². The van der Waals surface area contributed by atoms with Crippen molar-refractivity contribution >= 4 is 34.7 Å². The highest BCUT2D eigenvalue weighted by Gasteiger charge is 2.10. The van der Waals surface area contributed by atoms with Crippen LogP contribution in [-0.2, 0) is 0 Å². The average molecular weight is 221 g/mol. The maximum atomic E-state index is 11.3. The summed E-state index contributed by atoms with van der Waals surface area (Å²) in [6.45, 7) is 0. The minimum absolute atomic E-state index is 0.0382. The van der Waals surface area contributed by atoms with Crippen LogP contribution in [0.2, 0.25) is 0 Å². The van der Waals surface area contributed by atoms with E-state index >= 15 is 0 Å². The van der Waals surface area contributed by atoms with Crippen LogP contribution in [0.4, 0.5) is 0 Å². The summed E-state index contributed by atoms with van der Waals surface area (Å²) in [6.07, 6.45) is 1.19. The molecule has 2 aromatic rings. The lowest BCUT2D eigenvalue weighted by molar-refractivity contribution is 0.991. The van der Waals surface area contributed by atoms with E-state index < -0.39 is 11.2 Å². The highest BCUT2D eigenvalue weighted by Crippen LogP contribution is 2.03. The van der Waals surface area contributed by atoms with Crippen LogP contribution >= 0.6 is 23.6 Å². The molecule has 0 aliphatic heterocycles. The van der Waals surface area contributed by atoms with E-state index in [1.165, 1.54) is 6.33 Å². The minimum Gasteiger partial charge on any atom is -0.289 e. The summed E-state index contributed by atoms with van der Waals surface area (Å²) in [5.41, 5.74) is -1.29. The molecular formula is C5H2Cl2N4O2. The van der Waals surface area contributed by atoms with Crippen molar-refractivity contribution in [2.45, 2.75) is 0 Å². The summed E-state index contributed by atoms with van der Waals surface area (Å²) in [5.74, 6) is 0. The molecule has 2 aromatic heterocycles. The molecule has 0 fully saturated rings. The summed E-state index contributed by atoms with van der Waals surface area (Å²) in [5, 5.41) is 0. The quantitative estimate of drug-likeness (QED) is 0.674. The zero-order valence-corrected chi connectivity index (χ0v) is 7.50. The minimum atomic E-state index is -0.741. The fraction of sp³-hybridized carbons (Fsp3) is 0. The van der Waals surface area contributed by atoms with Gasteiger partial charge in [0.2, 0.25) is 0 Å². The zero-order valence-electron chi connectivity index (χ0n) is 5.99. The molecule has 0 amide bonds. The second-order valence-electron chi connectivity index (χ2n) is 2.27. The number of rotatable bonds is 0. The van der Waals surface area contributed by atoms with E-state index in [2.05, 4.69) is 9.97 Å². The van der Waals surface area contributed by atoms with Crippen LogP contribution in [0.15, 0.2) is 15.9 Å². The van der Waals surface area contributed by atoms with Gasteiger partial charge in [0.05, 0.1) is 0 Å². The number of hydrogen-bond acceptors (Lipinski definition) is 3. The highest BCUT2D eigenvalue weighted by atomic mass is 35.5. The Morgan fingerprint density at radius 3 is 2.77 bits per heavy atom. The van der Waals surface area contributed by atoms with Gasteiger partial charge in [0, 0.05) is 23.6 Å². The number of nitrogens with zero attached hydrogens (tertiary/aromatic N) is 3. The van der Waals surface area contributed by atoms with Crippen molar-refractivity contribution in [1.29, 1.82) is 0 Å². The van der Waals surface area contributed by atoms with Gasteiger partial charge in [0.15, 0.2) is 11.2 Å². The van der Waals surface area contributed by atoms with E-state index in [9.17, 15) is 9.59 Å². The first-order chi connectivity index (χ1) is 6.11. The van der Waals surface area contributed by atoms with Crippen LogP contribution in [0.5, 0.6) is 0 Å². The number of hydrogen-bond donors (Lipinski definition) is 1. The summed E-state index contributed by atoms with van der Waals surface area (Å²) >= 11 is 10.9. The monoisotopic (exact) mass is 220 g/mol. The second kappa shape index (κ2) is 2.61. The summed E-state index contributed by atoms with van der Waals surface area (Å²) in [6, 6.07) is 0. The van der Waals surface area contributed by atoms with Gasteiger partial charge < -0.3 is 0 Å². The molecule has 0 aromatic carbocycles. The number of nitrogens with one attached hydrogen (secondary N) is 1. The Hall–Kier alpha value is -1.27. The van der Waals surface area contributed by atoms with E-state index in [0.717, 1.165) is 4.09 Å². The highest BCUT2D eigenvalue weighted by molar-refractivity contribution is 6.19. The van der Waals surface area contributed by atoms with Crippen LogP contribution in [-0.4, -0.2) is 18.1 Å². The van der Waals surface area contributed by atoms with Crippen LogP contribution in [0.1, 0.15) is 0 Å². The summed E-state index contributed by atoms with van der Waals surface area (Å²) in [4.78, 5) is 28.2. The largest absolute Gasteiger partial charge is 0.345 e. The van der Waals surface area contributed by atoms with E-state index in [4.69, 9.17) is 23.6 Å². The number of halogens is 2. The van der Waals surface area contributed by atoms with Crippen molar-refractivity contribution < 1.29 is 0 Å². The number of H-pyrrole nitrogens is 1. The van der Waals surface area contributed by atoms with Crippen molar-refractivity contribution in [3.8, 4) is 0 Å². The molecule has 8 heteroatoms. The number of fused-ring (bicyclic) bond motifs is 1. The Bertz CT molecular complexity index is 580. The SMILES string of the molecule is O=c1[nH]c2ncn(Cl)c2c(=O)n1Cl. The molecule has 0 aliphatic rings. The molecule has 13 heavy (non-hydrogen) atoms. The fourth-order valence-corrected chi connectivity index (χ4v) is 1.27. The molecular weight excluding hydrogens is 219 g/mol. The molecule has 0 saturated carbocycles. The predicted molar refractivity (Wildman–Crippen MR) is 47.1 cm³/mol. The Balaban J connectivity index is 3.16. The van der Waals surface area contributed by atoms with E-state index in [-0.39, 0.29) is 11.2 Å². The lowest BCUT2D eigenvalue weighted by atomic mass is 10.5. The molecule has 0 unspecified atom stereocenters. The molecule has 0 radical (unpaired) electrons. The van der Waals surface area contributed by atoms with Gasteiger partial charge in [0.25, 0.3) is 5.56 Å². The molecule has 2 rings (SSSR count). The lowest BCUT2D eigenvalue weighted by Crippen LogP contribution is -2.29. The molecule has 0 atom stereocenters. The molecule has 0 saturated heterocycles. The first-order valence-corrected chi connectivity index (χ1v) is 3.83. The van der Waals surface area contributed by atoms with Crippen LogP contribution in [0.3, 0.4) is 0 Å². The molecule has 6 nitrogen and oxygen atoms in total. The Labute approximate surface area is 80.6 Å². The predicted octanol–water partition coefficient (Wildman–Crippen LogP) is -0.110. The van der Waals surface area contributed by atoms with Crippen molar-refractivity contribution in [3.05, 3.63) is 27.2 Å². The maximum Gasteiger partial charge on any atom is 0.345 e. The number of aromatic nitrogens is 4. The van der Waals surface area contributed by atoms with Crippen molar-refractivity contribution in [2.75, 3.05) is 0 Å². The van der Waals surface area contributed by atoms with Crippen molar-refractivity contribution in [2.24, 2.45) is 0 Å². The van der Waals surface area contributed by atoms with Gasteiger partial charge >= 0.3 is 5.69 Å². The number of aromatic amines is 1. The Kier molecular flexibility index (Phi) is 1.67. The average Bonchev–Trinajstić information content (AvgIpc) is 2.43. The standard InChI is InChI=1S/C5H2Cl2N4O2/c6-10-1-8-3-2(10)4(12)11(7)5(13)9-3/h1H,(H,9,13). The molecule has 1 N–H and O–H groups in total. The van der Waals surface area contributed by atoms with Gasteiger partial charge in [0.1, 0.15) is 6.33 Å². The molecule has 2 heterocycles. The topological polar surface area (TPSA) is 72.7 Å². The Morgan fingerprint density at radius 1 is 1.38 bits per heavy atom. The first-order valence-electron chi connectivity index (χ1n) is 3.16. The molecule has 0 spiro atoms. The van der Waals surface area contributed by atoms with Crippen LogP contribution in [0, 0.1) is 0 Å². The van der Waals surface area contributed by atoms with Crippen LogP contribution < -0.4 is 11.2 Å². The Morgan fingerprint density at radius 2 is 2.08 bits per heavy atom. The maximum absolute atomic E-state index is 11.3. The van der Waals surface area contributed by atoms with Gasteiger partial charge in [-0.15, -0.1) is 0 Å². The fourth-order valence-electron chi connectivity index (χ4n) is 0.948. The third-order valence-corrected chi connectivity index (χ3v) is 2.07. The van der Waals surface area contributed by atoms with Gasteiger partial charge in [-0.3, -0.25) is 9.78 Å². The van der Waals surface area contributed by atoms with Gasteiger partial charge in [-0.1, -0.05) is 0 Å². The summed E-state index contributed by atoms with van der Waals surface area (Å²) < 4.78 is 1.37. The summed E-state index contributed by atoms with van der Waals surface area (Å²) in [7, 11) is 0. The van der Waals surface area contributed by atoms with E-state index in [1.807, 2.05) is 0 Å². The van der Waals surface area contributed by atoms with Crippen molar-refractivity contribution in [1.82, 2.24) is 18.1 Å². The zero-order chi connectivity index (χ0) is 9.59. The number of imidazole rings is 1. The van der Waals surface area contributed by atoms with Gasteiger partial charge in [-0.05, 0) is 0 Å². The first kappa shape index (κ1) is 8.33. The third-order valence-electron chi connectivity index (χ3n) is 1.51. The lowest BCUT2D eigenvalue weighted by Gasteiger charge is -1.92. The van der Waals surface area contributed by atoms with Crippen molar-refractivity contribution in [3.63, 3.8) is 0 Å². The van der Waals surface area contributed by atoms with Gasteiger partial charge in [-0.25, -0.2) is 13.9 Å². The van der Waals surface area contributed by atoms with Crippen LogP contribution in [0.25, 0.3) is 11.2 Å². The van der Waals surface area contributed by atoms with E-state index in [0.29, 0.717) is 4.09 Å². The smallest absolute Gasteiger partial charge is 0.289 e.